The van der Waals surface area contributed by atoms with Crippen LogP contribution in [0.3, 0.4) is 0 Å². The maximum atomic E-state index is 12.5. The fraction of sp³-hybridized carbons (Fsp3) is 0.300. The van der Waals surface area contributed by atoms with Crippen molar-refractivity contribution in [3.63, 3.8) is 0 Å². The summed E-state index contributed by atoms with van der Waals surface area (Å²) in [6.45, 7) is 4.48. The van der Waals surface area contributed by atoms with Crippen molar-refractivity contribution in [2.75, 3.05) is 11.9 Å². The molecule has 1 aliphatic carbocycles. The van der Waals surface area contributed by atoms with Crippen molar-refractivity contribution < 1.29 is 13.9 Å². The van der Waals surface area contributed by atoms with Crippen molar-refractivity contribution in [2.45, 2.75) is 32.6 Å². The molecule has 1 saturated carbocycles. The first-order valence-electron chi connectivity index (χ1n) is 8.59. The number of amides is 1. The van der Waals surface area contributed by atoms with E-state index in [0.717, 1.165) is 41.1 Å². The summed E-state index contributed by atoms with van der Waals surface area (Å²) in [6.07, 6.45) is 2.29. The van der Waals surface area contributed by atoms with Gasteiger partial charge >= 0.3 is 0 Å². The summed E-state index contributed by atoms with van der Waals surface area (Å²) in [5.74, 6) is 1.92. The van der Waals surface area contributed by atoms with E-state index in [4.69, 9.17) is 9.15 Å². The second-order valence-corrected chi connectivity index (χ2v) is 6.38. The average molecular weight is 336 g/mol. The highest BCUT2D eigenvalue weighted by Crippen LogP contribution is 2.40. The van der Waals surface area contributed by atoms with E-state index in [0.29, 0.717) is 23.8 Å². The Hall–Kier alpha value is -2.82. The van der Waals surface area contributed by atoms with Gasteiger partial charge in [0, 0.05) is 17.2 Å². The zero-order valence-electron chi connectivity index (χ0n) is 14.3. The molecule has 128 valence electrons. The number of ether oxygens (including phenoxy) is 1. The molecule has 4 rings (SSSR count). The highest BCUT2D eigenvalue weighted by molar-refractivity contribution is 6.05. The van der Waals surface area contributed by atoms with Crippen molar-refractivity contribution in [1.29, 1.82) is 0 Å². The van der Waals surface area contributed by atoms with Crippen LogP contribution in [0.5, 0.6) is 5.75 Å². The number of rotatable bonds is 5. The number of aryl methyl sites for hydroxylation is 1. The third-order valence-corrected chi connectivity index (χ3v) is 4.33. The number of oxazole rings is 1. The highest BCUT2D eigenvalue weighted by Gasteiger charge is 2.28. The summed E-state index contributed by atoms with van der Waals surface area (Å²) >= 11 is 0. The lowest BCUT2D eigenvalue weighted by Crippen LogP contribution is -2.12. The maximum absolute atomic E-state index is 12.5. The predicted octanol–water partition coefficient (Wildman–Crippen LogP) is 4.66. The summed E-state index contributed by atoms with van der Waals surface area (Å²) in [4.78, 5) is 17.0. The van der Waals surface area contributed by atoms with Crippen LogP contribution in [0.4, 0.5) is 5.69 Å². The Labute approximate surface area is 146 Å². The molecule has 0 saturated heterocycles. The normalized spacial score (nSPS) is 13.8. The minimum Gasteiger partial charge on any atom is -0.494 e. The zero-order valence-corrected chi connectivity index (χ0v) is 14.3. The van der Waals surface area contributed by atoms with Crippen LogP contribution < -0.4 is 10.1 Å². The Balaban J connectivity index is 1.53. The van der Waals surface area contributed by atoms with Gasteiger partial charge < -0.3 is 14.5 Å². The lowest BCUT2D eigenvalue weighted by Gasteiger charge is -2.09. The standard InChI is InChI=1S/C20H20N2O3/c1-3-24-17-8-6-14(10-12(17)2)19(23)21-15-7-9-18-16(11-15)22-20(25-18)13-4-5-13/h6-11,13H,3-5H2,1-2H3,(H,21,23). The Morgan fingerprint density at radius 1 is 1.28 bits per heavy atom. The van der Waals surface area contributed by atoms with Crippen molar-refractivity contribution in [3.8, 4) is 5.75 Å². The number of fused-ring (bicyclic) bond motifs is 1. The van der Waals surface area contributed by atoms with Gasteiger partial charge in [-0.15, -0.1) is 0 Å². The molecule has 5 heteroatoms. The summed E-state index contributed by atoms with van der Waals surface area (Å²) < 4.78 is 11.3. The van der Waals surface area contributed by atoms with Crippen LogP contribution >= 0.6 is 0 Å². The molecule has 2 aromatic carbocycles. The fourth-order valence-corrected chi connectivity index (χ4v) is 2.84. The molecule has 0 atom stereocenters. The van der Waals surface area contributed by atoms with Crippen LogP contribution in [-0.2, 0) is 0 Å². The summed E-state index contributed by atoms with van der Waals surface area (Å²) in [5.41, 5.74) is 3.79. The predicted molar refractivity (Wildman–Crippen MR) is 96.3 cm³/mol. The lowest BCUT2D eigenvalue weighted by molar-refractivity contribution is 0.102. The monoisotopic (exact) mass is 336 g/mol. The molecule has 1 heterocycles. The van der Waals surface area contributed by atoms with Crippen LogP contribution in [0.2, 0.25) is 0 Å². The molecule has 0 radical (unpaired) electrons. The average Bonchev–Trinajstić information content (AvgIpc) is 3.36. The van der Waals surface area contributed by atoms with Gasteiger partial charge in [0.2, 0.25) is 0 Å². The first kappa shape index (κ1) is 15.7. The first-order valence-corrected chi connectivity index (χ1v) is 8.59. The molecular weight excluding hydrogens is 316 g/mol. The van der Waals surface area contributed by atoms with Crippen LogP contribution in [0.1, 0.15) is 47.5 Å². The van der Waals surface area contributed by atoms with Gasteiger partial charge in [0.1, 0.15) is 11.3 Å². The third-order valence-electron chi connectivity index (χ3n) is 4.33. The Morgan fingerprint density at radius 2 is 2.12 bits per heavy atom. The molecule has 0 aliphatic heterocycles. The number of hydrogen-bond donors (Lipinski definition) is 1. The van der Waals surface area contributed by atoms with E-state index < -0.39 is 0 Å². The van der Waals surface area contributed by atoms with E-state index in [1.807, 2.05) is 44.2 Å². The van der Waals surface area contributed by atoms with E-state index in [-0.39, 0.29) is 5.91 Å². The first-order chi connectivity index (χ1) is 12.1. The number of aromatic nitrogens is 1. The number of carbonyl (C=O) groups is 1. The summed E-state index contributed by atoms with van der Waals surface area (Å²) in [5, 5.41) is 2.92. The minimum absolute atomic E-state index is 0.156. The van der Waals surface area contributed by atoms with E-state index in [2.05, 4.69) is 10.3 Å². The molecule has 0 spiro atoms. The summed E-state index contributed by atoms with van der Waals surface area (Å²) in [7, 11) is 0. The quantitative estimate of drug-likeness (QED) is 0.735. The molecule has 3 aromatic rings. The number of carbonyl (C=O) groups excluding carboxylic acids is 1. The zero-order chi connectivity index (χ0) is 17.4. The molecule has 1 N–H and O–H groups in total. The van der Waals surface area contributed by atoms with Crippen molar-refractivity contribution in [3.05, 3.63) is 53.4 Å². The van der Waals surface area contributed by atoms with E-state index in [1.54, 1.807) is 6.07 Å². The smallest absolute Gasteiger partial charge is 0.255 e. The van der Waals surface area contributed by atoms with Gasteiger partial charge in [-0.25, -0.2) is 4.98 Å². The van der Waals surface area contributed by atoms with E-state index in [9.17, 15) is 4.79 Å². The third kappa shape index (κ3) is 3.22. The van der Waals surface area contributed by atoms with Crippen LogP contribution in [0.15, 0.2) is 40.8 Å². The second-order valence-electron chi connectivity index (χ2n) is 6.38. The van der Waals surface area contributed by atoms with Gasteiger partial charge in [0.15, 0.2) is 11.5 Å². The van der Waals surface area contributed by atoms with Crippen molar-refractivity contribution in [2.24, 2.45) is 0 Å². The molecule has 1 amide bonds. The van der Waals surface area contributed by atoms with E-state index in [1.165, 1.54) is 0 Å². The Bertz CT molecular complexity index is 941. The number of nitrogens with one attached hydrogen (secondary N) is 1. The lowest BCUT2D eigenvalue weighted by atomic mass is 10.1. The minimum atomic E-state index is -0.156. The Kier molecular flexibility index (Phi) is 3.92. The molecule has 1 aromatic heterocycles. The molecule has 5 nitrogen and oxygen atoms in total. The van der Waals surface area contributed by atoms with Gasteiger partial charge in [-0.1, -0.05) is 0 Å². The topological polar surface area (TPSA) is 64.4 Å². The second kappa shape index (κ2) is 6.24. The van der Waals surface area contributed by atoms with Gasteiger partial charge in [0.05, 0.1) is 6.61 Å². The number of nitrogens with zero attached hydrogens (tertiary/aromatic N) is 1. The molecule has 1 aliphatic rings. The Morgan fingerprint density at radius 3 is 2.84 bits per heavy atom. The van der Waals surface area contributed by atoms with Crippen LogP contribution in [0.25, 0.3) is 11.1 Å². The van der Waals surface area contributed by atoms with Crippen LogP contribution in [0, 0.1) is 6.92 Å². The fourth-order valence-electron chi connectivity index (χ4n) is 2.84. The molecule has 0 bridgehead atoms. The van der Waals surface area contributed by atoms with Gasteiger partial charge in [-0.3, -0.25) is 4.79 Å². The largest absolute Gasteiger partial charge is 0.494 e. The van der Waals surface area contributed by atoms with Crippen molar-refractivity contribution in [1.82, 2.24) is 4.98 Å². The van der Waals surface area contributed by atoms with E-state index >= 15 is 0 Å². The molecule has 0 unspecified atom stereocenters. The van der Waals surface area contributed by atoms with Crippen LogP contribution in [-0.4, -0.2) is 17.5 Å². The highest BCUT2D eigenvalue weighted by atomic mass is 16.5. The van der Waals surface area contributed by atoms with Gasteiger partial charge in [-0.05, 0) is 68.7 Å². The van der Waals surface area contributed by atoms with Gasteiger partial charge in [-0.2, -0.15) is 0 Å². The number of anilines is 1. The molecule has 1 fully saturated rings. The molecular formula is C20H20N2O3. The maximum Gasteiger partial charge on any atom is 0.255 e. The number of hydrogen-bond acceptors (Lipinski definition) is 4. The van der Waals surface area contributed by atoms with Gasteiger partial charge in [0.25, 0.3) is 5.91 Å². The summed E-state index contributed by atoms with van der Waals surface area (Å²) in [6, 6.07) is 11.0. The SMILES string of the molecule is CCOc1ccc(C(=O)Nc2ccc3oc(C4CC4)nc3c2)cc1C. The van der Waals surface area contributed by atoms with Crippen molar-refractivity contribution >= 4 is 22.7 Å². The molecule has 25 heavy (non-hydrogen) atoms. The number of benzene rings is 2.